The van der Waals surface area contributed by atoms with E-state index in [4.69, 9.17) is 11.6 Å². The Morgan fingerprint density at radius 3 is 2.44 bits per heavy atom. The van der Waals surface area contributed by atoms with Crippen LogP contribution >= 0.6 is 11.6 Å². The SMILES string of the molecule is Clc1nc2ccccc2nc1Nc1cccnn1. The lowest BCUT2D eigenvalue weighted by molar-refractivity contribution is 1.03. The van der Waals surface area contributed by atoms with Crippen molar-refractivity contribution in [2.45, 2.75) is 0 Å². The van der Waals surface area contributed by atoms with Crippen LogP contribution in [0.2, 0.25) is 5.15 Å². The largest absolute Gasteiger partial charge is 0.321 e. The zero-order chi connectivity index (χ0) is 12.4. The highest BCUT2D eigenvalue weighted by Crippen LogP contribution is 2.23. The topological polar surface area (TPSA) is 63.6 Å². The second-order valence-electron chi connectivity index (χ2n) is 3.59. The lowest BCUT2D eigenvalue weighted by Crippen LogP contribution is -1.99. The van der Waals surface area contributed by atoms with Crippen molar-refractivity contribution in [3.63, 3.8) is 0 Å². The molecule has 0 atom stereocenters. The van der Waals surface area contributed by atoms with E-state index in [1.165, 1.54) is 0 Å². The number of benzene rings is 1. The Bertz CT molecular complexity index is 686. The van der Waals surface area contributed by atoms with E-state index in [9.17, 15) is 0 Å². The minimum atomic E-state index is 0.305. The number of para-hydroxylation sites is 2. The average Bonchev–Trinajstić information content (AvgIpc) is 2.41. The van der Waals surface area contributed by atoms with Gasteiger partial charge in [0, 0.05) is 6.20 Å². The van der Waals surface area contributed by atoms with Gasteiger partial charge in [-0.3, -0.25) is 0 Å². The summed E-state index contributed by atoms with van der Waals surface area (Å²) < 4.78 is 0. The summed E-state index contributed by atoms with van der Waals surface area (Å²) in [5.74, 6) is 1.04. The van der Waals surface area contributed by atoms with E-state index in [-0.39, 0.29) is 0 Å². The van der Waals surface area contributed by atoms with Crippen molar-refractivity contribution in [1.29, 1.82) is 0 Å². The van der Waals surface area contributed by atoms with Gasteiger partial charge in [-0.15, -0.1) is 5.10 Å². The Labute approximate surface area is 108 Å². The maximum Gasteiger partial charge on any atom is 0.172 e. The molecule has 3 rings (SSSR count). The fourth-order valence-corrected chi connectivity index (χ4v) is 1.73. The monoisotopic (exact) mass is 257 g/mol. The van der Waals surface area contributed by atoms with E-state index in [1.54, 1.807) is 18.3 Å². The quantitative estimate of drug-likeness (QED) is 0.765. The van der Waals surface area contributed by atoms with E-state index in [0.29, 0.717) is 16.8 Å². The molecule has 5 nitrogen and oxygen atoms in total. The van der Waals surface area contributed by atoms with Gasteiger partial charge >= 0.3 is 0 Å². The van der Waals surface area contributed by atoms with Gasteiger partial charge in [-0.25, -0.2) is 9.97 Å². The lowest BCUT2D eigenvalue weighted by Gasteiger charge is -2.06. The van der Waals surface area contributed by atoms with Crippen molar-refractivity contribution < 1.29 is 0 Å². The number of anilines is 2. The minimum absolute atomic E-state index is 0.305. The summed E-state index contributed by atoms with van der Waals surface area (Å²) in [7, 11) is 0. The number of aromatic nitrogens is 4. The van der Waals surface area contributed by atoms with Crippen LogP contribution in [0.5, 0.6) is 0 Å². The van der Waals surface area contributed by atoms with Gasteiger partial charge in [0.25, 0.3) is 0 Å². The second kappa shape index (κ2) is 4.54. The molecule has 1 N–H and O–H groups in total. The first-order valence-electron chi connectivity index (χ1n) is 5.30. The zero-order valence-corrected chi connectivity index (χ0v) is 9.96. The number of nitrogens with zero attached hydrogens (tertiary/aromatic N) is 4. The van der Waals surface area contributed by atoms with Crippen LogP contribution in [0.25, 0.3) is 11.0 Å². The van der Waals surface area contributed by atoms with Gasteiger partial charge < -0.3 is 5.32 Å². The first-order valence-corrected chi connectivity index (χ1v) is 5.68. The van der Waals surface area contributed by atoms with E-state index in [2.05, 4.69) is 25.5 Å². The summed E-state index contributed by atoms with van der Waals surface area (Å²) in [4.78, 5) is 8.66. The highest BCUT2D eigenvalue weighted by molar-refractivity contribution is 6.32. The molecule has 3 aromatic rings. The molecular formula is C12H8ClN5. The molecule has 0 amide bonds. The van der Waals surface area contributed by atoms with Crippen molar-refractivity contribution in [1.82, 2.24) is 20.2 Å². The summed E-state index contributed by atoms with van der Waals surface area (Å²) in [5.41, 5.74) is 1.53. The number of halogens is 1. The van der Waals surface area contributed by atoms with E-state index >= 15 is 0 Å². The van der Waals surface area contributed by atoms with Crippen LogP contribution in [-0.2, 0) is 0 Å². The van der Waals surface area contributed by atoms with Gasteiger partial charge in [-0.05, 0) is 24.3 Å². The molecule has 0 bridgehead atoms. The molecule has 0 radical (unpaired) electrons. The molecule has 2 heterocycles. The van der Waals surface area contributed by atoms with Crippen molar-refractivity contribution in [3.05, 3.63) is 47.7 Å². The van der Waals surface area contributed by atoms with Crippen molar-refractivity contribution in [2.75, 3.05) is 5.32 Å². The standard InChI is InChI=1S/C12H8ClN5/c13-11-12(17-10-6-3-7-14-18-10)16-9-5-2-1-4-8(9)15-11/h1-7H,(H,16,17,18). The van der Waals surface area contributed by atoms with Crippen molar-refractivity contribution in [2.24, 2.45) is 0 Å². The van der Waals surface area contributed by atoms with Gasteiger partial charge in [0.1, 0.15) is 0 Å². The molecule has 18 heavy (non-hydrogen) atoms. The summed E-state index contributed by atoms with van der Waals surface area (Å²) in [5, 5.41) is 11.0. The summed E-state index contributed by atoms with van der Waals surface area (Å²) in [6.07, 6.45) is 1.60. The maximum atomic E-state index is 6.07. The third kappa shape index (κ3) is 2.08. The zero-order valence-electron chi connectivity index (χ0n) is 9.21. The summed E-state index contributed by atoms with van der Waals surface area (Å²) in [6.45, 7) is 0. The Morgan fingerprint density at radius 2 is 1.72 bits per heavy atom. The molecule has 88 valence electrons. The molecule has 2 aromatic heterocycles. The van der Waals surface area contributed by atoms with Gasteiger partial charge in [0.2, 0.25) is 0 Å². The molecule has 0 aliphatic rings. The van der Waals surface area contributed by atoms with Crippen molar-refractivity contribution in [3.8, 4) is 0 Å². The van der Waals surface area contributed by atoms with Crippen LogP contribution in [0.15, 0.2) is 42.6 Å². The molecule has 1 aromatic carbocycles. The highest BCUT2D eigenvalue weighted by atomic mass is 35.5. The molecule has 0 fully saturated rings. The maximum absolute atomic E-state index is 6.07. The van der Waals surface area contributed by atoms with Gasteiger partial charge in [-0.2, -0.15) is 5.10 Å². The minimum Gasteiger partial charge on any atom is -0.321 e. The van der Waals surface area contributed by atoms with Crippen LogP contribution in [0.1, 0.15) is 0 Å². The van der Waals surface area contributed by atoms with Gasteiger partial charge in [0.15, 0.2) is 16.8 Å². The van der Waals surface area contributed by atoms with Crippen LogP contribution in [0.3, 0.4) is 0 Å². The number of nitrogens with one attached hydrogen (secondary N) is 1. The van der Waals surface area contributed by atoms with Crippen LogP contribution in [0, 0.1) is 0 Å². The molecule has 0 saturated heterocycles. The molecule has 0 spiro atoms. The van der Waals surface area contributed by atoms with Crippen LogP contribution in [-0.4, -0.2) is 20.2 Å². The van der Waals surface area contributed by atoms with Gasteiger partial charge in [0.05, 0.1) is 11.0 Å². The summed E-state index contributed by atoms with van der Waals surface area (Å²) >= 11 is 6.07. The second-order valence-corrected chi connectivity index (χ2v) is 3.94. The predicted octanol–water partition coefficient (Wildman–Crippen LogP) is 2.82. The Hall–Kier alpha value is -2.27. The highest BCUT2D eigenvalue weighted by Gasteiger charge is 2.07. The first-order chi connectivity index (χ1) is 8.83. The van der Waals surface area contributed by atoms with Crippen molar-refractivity contribution >= 4 is 34.3 Å². The molecule has 0 saturated carbocycles. The number of rotatable bonds is 2. The van der Waals surface area contributed by atoms with E-state index in [1.807, 2.05) is 24.3 Å². The number of hydrogen-bond acceptors (Lipinski definition) is 5. The lowest BCUT2D eigenvalue weighted by atomic mass is 10.3. The normalized spacial score (nSPS) is 10.5. The third-order valence-corrected chi connectivity index (χ3v) is 2.61. The molecule has 6 heteroatoms. The van der Waals surface area contributed by atoms with Crippen LogP contribution in [0.4, 0.5) is 11.6 Å². The Kier molecular flexibility index (Phi) is 2.74. The molecule has 0 aliphatic heterocycles. The number of hydrogen-bond donors (Lipinski definition) is 1. The third-order valence-electron chi connectivity index (χ3n) is 2.35. The average molecular weight is 258 g/mol. The molecule has 0 aliphatic carbocycles. The Balaban J connectivity index is 2.04. The van der Waals surface area contributed by atoms with E-state index in [0.717, 1.165) is 11.0 Å². The van der Waals surface area contributed by atoms with Crippen LogP contribution < -0.4 is 5.32 Å². The van der Waals surface area contributed by atoms with Gasteiger partial charge in [-0.1, -0.05) is 23.7 Å². The smallest absolute Gasteiger partial charge is 0.172 e. The molecule has 0 unspecified atom stereocenters. The fraction of sp³-hybridized carbons (Fsp3) is 0. The first kappa shape index (κ1) is 10.9. The number of fused-ring (bicyclic) bond motifs is 1. The van der Waals surface area contributed by atoms with E-state index < -0.39 is 0 Å². The molecular weight excluding hydrogens is 250 g/mol. The fourth-order valence-electron chi connectivity index (χ4n) is 1.55. The Morgan fingerprint density at radius 1 is 0.944 bits per heavy atom. The predicted molar refractivity (Wildman–Crippen MR) is 69.9 cm³/mol. The summed E-state index contributed by atoms with van der Waals surface area (Å²) in [6, 6.07) is 11.1.